The fourth-order valence-electron chi connectivity index (χ4n) is 2.84. The van der Waals surface area contributed by atoms with E-state index in [1.165, 1.54) is 23.5 Å². The number of aromatic nitrogens is 3. The molecule has 2 aromatic carbocycles. The lowest BCUT2D eigenvalue weighted by atomic mass is 10.2. The minimum atomic E-state index is -0.283. The Hall–Kier alpha value is -3.13. The summed E-state index contributed by atoms with van der Waals surface area (Å²) in [5, 5.41) is 8.58. The first-order valence-corrected chi connectivity index (χ1v) is 8.81. The summed E-state index contributed by atoms with van der Waals surface area (Å²) in [5.41, 5.74) is 2.56. The van der Waals surface area contributed by atoms with Gasteiger partial charge in [0.1, 0.15) is 5.82 Å². The topological polar surface area (TPSA) is 60.7 Å². The molecule has 0 unspecified atom stereocenters. The zero-order valence-corrected chi connectivity index (χ0v) is 14.3. The van der Waals surface area contributed by atoms with Gasteiger partial charge in [-0.3, -0.25) is 0 Å². The first kappa shape index (κ1) is 15.2. The number of nitrogens with zero attached hydrogens (tertiary/aromatic N) is 3. The first-order valence-electron chi connectivity index (χ1n) is 7.99. The molecule has 0 saturated heterocycles. The van der Waals surface area contributed by atoms with Gasteiger partial charge in [-0.15, -0.1) is 5.10 Å². The Bertz CT molecular complexity index is 1110. The maximum Gasteiger partial charge on any atom is 0.231 e. The van der Waals surface area contributed by atoms with Crippen molar-refractivity contribution in [3.05, 3.63) is 60.0 Å². The largest absolute Gasteiger partial charge is 0.454 e. The predicted octanol–water partition coefficient (Wildman–Crippen LogP) is 3.94. The quantitative estimate of drug-likeness (QED) is 0.591. The number of nitrogens with one attached hydrogen (secondary N) is 1. The van der Waals surface area contributed by atoms with Crippen molar-refractivity contribution in [3.63, 3.8) is 0 Å². The highest BCUT2D eigenvalue weighted by molar-refractivity contribution is 7.20. The molecule has 0 radical (unpaired) electrons. The molecule has 0 amide bonds. The zero-order valence-electron chi connectivity index (χ0n) is 13.5. The van der Waals surface area contributed by atoms with Crippen LogP contribution in [0.1, 0.15) is 5.56 Å². The SMILES string of the molecule is Fc1cccc(-c2cnc3sc(NCc4ccc5c(c4)OCO5)nn23)c1. The van der Waals surface area contributed by atoms with Crippen LogP contribution in [0.4, 0.5) is 9.52 Å². The van der Waals surface area contributed by atoms with Gasteiger partial charge in [0, 0.05) is 12.1 Å². The van der Waals surface area contributed by atoms with Crippen LogP contribution in [0.15, 0.2) is 48.7 Å². The van der Waals surface area contributed by atoms with E-state index >= 15 is 0 Å². The van der Waals surface area contributed by atoms with Gasteiger partial charge in [-0.25, -0.2) is 13.9 Å². The third-order valence-electron chi connectivity index (χ3n) is 4.09. The molecule has 1 N–H and O–H groups in total. The normalized spacial score (nSPS) is 12.7. The fourth-order valence-corrected chi connectivity index (χ4v) is 3.61. The second-order valence-electron chi connectivity index (χ2n) is 5.80. The van der Waals surface area contributed by atoms with Gasteiger partial charge >= 0.3 is 0 Å². The molecular weight excluding hydrogens is 355 g/mol. The van der Waals surface area contributed by atoms with Crippen molar-refractivity contribution in [2.45, 2.75) is 6.54 Å². The van der Waals surface area contributed by atoms with Crippen molar-refractivity contribution >= 4 is 21.4 Å². The number of halogens is 1. The maximum atomic E-state index is 13.5. The van der Waals surface area contributed by atoms with Crippen molar-refractivity contribution in [1.29, 1.82) is 0 Å². The van der Waals surface area contributed by atoms with Crippen molar-refractivity contribution in [3.8, 4) is 22.8 Å². The summed E-state index contributed by atoms with van der Waals surface area (Å²) in [6.45, 7) is 0.862. The molecule has 6 nitrogen and oxygen atoms in total. The minimum Gasteiger partial charge on any atom is -0.454 e. The van der Waals surface area contributed by atoms with Crippen molar-refractivity contribution < 1.29 is 13.9 Å². The number of benzene rings is 2. The van der Waals surface area contributed by atoms with Gasteiger partial charge in [-0.05, 0) is 29.8 Å². The molecule has 26 heavy (non-hydrogen) atoms. The summed E-state index contributed by atoms with van der Waals surface area (Å²) in [4.78, 5) is 5.12. The van der Waals surface area contributed by atoms with Crippen LogP contribution in [0.5, 0.6) is 11.5 Å². The molecular formula is C18H13FN4O2S. The lowest BCUT2D eigenvalue weighted by molar-refractivity contribution is 0.174. The highest BCUT2D eigenvalue weighted by Gasteiger charge is 2.14. The van der Waals surface area contributed by atoms with Gasteiger partial charge < -0.3 is 14.8 Å². The predicted molar refractivity (Wildman–Crippen MR) is 96.1 cm³/mol. The highest BCUT2D eigenvalue weighted by Crippen LogP contribution is 2.33. The Labute approximate surface area is 151 Å². The molecule has 1 aliphatic heterocycles. The Morgan fingerprint density at radius 2 is 2.08 bits per heavy atom. The Morgan fingerprint density at radius 1 is 1.15 bits per heavy atom. The van der Waals surface area contributed by atoms with Gasteiger partial charge in [-0.2, -0.15) is 0 Å². The van der Waals surface area contributed by atoms with E-state index in [2.05, 4.69) is 15.4 Å². The van der Waals surface area contributed by atoms with Gasteiger partial charge in [-0.1, -0.05) is 29.5 Å². The van der Waals surface area contributed by atoms with Crippen LogP contribution >= 0.6 is 11.3 Å². The van der Waals surface area contributed by atoms with Crippen molar-refractivity contribution in [1.82, 2.24) is 14.6 Å². The van der Waals surface area contributed by atoms with Crippen molar-refractivity contribution in [2.75, 3.05) is 12.1 Å². The lowest BCUT2D eigenvalue weighted by Crippen LogP contribution is -2.00. The average molecular weight is 368 g/mol. The van der Waals surface area contributed by atoms with E-state index in [-0.39, 0.29) is 12.6 Å². The molecule has 5 rings (SSSR count). The van der Waals surface area contributed by atoms with E-state index in [0.717, 1.165) is 38.4 Å². The minimum absolute atomic E-state index is 0.263. The van der Waals surface area contributed by atoms with Crippen LogP contribution in [0, 0.1) is 5.82 Å². The highest BCUT2D eigenvalue weighted by atomic mass is 32.1. The van der Waals surface area contributed by atoms with E-state index < -0.39 is 0 Å². The summed E-state index contributed by atoms with van der Waals surface area (Å²) < 4.78 is 25.9. The van der Waals surface area contributed by atoms with E-state index in [1.807, 2.05) is 24.3 Å². The first-order chi connectivity index (χ1) is 12.8. The number of hydrogen-bond acceptors (Lipinski definition) is 6. The third kappa shape index (κ3) is 2.64. The van der Waals surface area contributed by atoms with Crippen LogP contribution < -0.4 is 14.8 Å². The van der Waals surface area contributed by atoms with E-state index in [9.17, 15) is 4.39 Å². The summed E-state index contributed by atoms with van der Waals surface area (Å²) >= 11 is 1.44. The number of imidazole rings is 1. The molecule has 0 atom stereocenters. The molecule has 8 heteroatoms. The van der Waals surface area contributed by atoms with Crippen LogP contribution in [-0.2, 0) is 6.54 Å². The molecule has 0 bridgehead atoms. The second kappa shape index (κ2) is 5.99. The molecule has 4 aromatic rings. The molecule has 0 saturated carbocycles. The summed E-state index contributed by atoms with van der Waals surface area (Å²) in [7, 11) is 0. The van der Waals surface area contributed by atoms with Crippen molar-refractivity contribution in [2.24, 2.45) is 0 Å². The number of ether oxygens (including phenoxy) is 2. The molecule has 0 spiro atoms. The summed E-state index contributed by atoms with van der Waals surface area (Å²) in [5.74, 6) is 1.24. The van der Waals surface area contributed by atoms with Crippen LogP contribution in [-0.4, -0.2) is 21.4 Å². The number of rotatable bonds is 4. The second-order valence-corrected chi connectivity index (χ2v) is 6.75. The molecule has 0 fully saturated rings. The lowest BCUT2D eigenvalue weighted by Gasteiger charge is -2.04. The summed E-state index contributed by atoms with van der Waals surface area (Å²) in [6.07, 6.45) is 1.70. The smallest absolute Gasteiger partial charge is 0.231 e. The Morgan fingerprint density at radius 3 is 3.00 bits per heavy atom. The number of fused-ring (bicyclic) bond motifs is 2. The van der Waals surface area contributed by atoms with Crippen LogP contribution in [0.2, 0.25) is 0 Å². The fraction of sp³-hybridized carbons (Fsp3) is 0.111. The van der Waals surface area contributed by atoms with Gasteiger partial charge in [0.25, 0.3) is 0 Å². The summed E-state index contributed by atoms with van der Waals surface area (Å²) in [6, 6.07) is 12.2. The Balaban J connectivity index is 1.39. The van der Waals surface area contributed by atoms with E-state index in [4.69, 9.17) is 9.47 Å². The standard InChI is InChI=1S/C18H13FN4O2S/c19-13-3-1-2-12(7-13)14-9-21-18-23(14)22-17(26-18)20-8-11-4-5-15-16(6-11)25-10-24-15/h1-7,9H,8,10H2,(H,20,22). The molecule has 2 aromatic heterocycles. The van der Waals surface area contributed by atoms with Gasteiger partial charge in [0.2, 0.25) is 16.9 Å². The third-order valence-corrected chi connectivity index (χ3v) is 4.97. The van der Waals surface area contributed by atoms with Crippen LogP contribution in [0.3, 0.4) is 0 Å². The Kier molecular flexibility index (Phi) is 3.49. The average Bonchev–Trinajstić information content (AvgIpc) is 3.34. The molecule has 130 valence electrons. The maximum absolute atomic E-state index is 13.5. The monoisotopic (exact) mass is 368 g/mol. The zero-order chi connectivity index (χ0) is 17.5. The molecule has 1 aliphatic rings. The van der Waals surface area contributed by atoms with Crippen LogP contribution in [0.25, 0.3) is 16.2 Å². The van der Waals surface area contributed by atoms with E-state index in [0.29, 0.717) is 6.54 Å². The molecule has 3 heterocycles. The van der Waals surface area contributed by atoms with Gasteiger partial charge in [0.15, 0.2) is 11.5 Å². The number of anilines is 1. The van der Waals surface area contributed by atoms with E-state index in [1.54, 1.807) is 16.8 Å². The number of hydrogen-bond donors (Lipinski definition) is 1. The van der Waals surface area contributed by atoms with Gasteiger partial charge in [0.05, 0.1) is 11.9 Å². The molecule has 0 aliphatic carbocycles.